The van der Waals surface area contributed by atoms with Crippen molar-refractivity contribution < 1.29 is 4.74 Å². The van der Waals surface area contributed by atoms with E-state index in [2.05, 4.69) is 21.9 Å². The molecule has 0 aromatic heterocycles. The highest BCUT2D eigenvalue weighted by Gasteiger charge is 1.98. The highest BCUT2D eigenvalue weighted by molar-refractivity contribution is 9.10. The first-order valence-corrected chi connectivity index (χ1v) is 4.14. The van der Waals surface area contributed by atoms with Gasteiger partial charge in [0, 0.05) is 4.47 Å². The number of hydrogen-bond donors (Lipinski definition) is 1. The van der Waals surface area contributed by atoms with Crippen molar-refractivity contribution in [2.75, 3.05) is 12.3 Å². The van der Waals surface area contributed by atoms with Crippen LogP contribution in [-0.2, 0) is 0 Å². The molecule has 1 rings (SSSR count). The van der Waals surface area contributed by atoms with Crippen LogP contribution in [0.2, 0.25) is 0 Å². The molecule has 0 aliphatic carbocycles. The van der Waals surface area contributed by atoms with E-state index < -0.39 is 0 Å². The van der Waals surface area contributed by atoms with E-state index in [1.54, 1.807) is 12.1 Å². The predicted molar refractivity (Wildman–Crippen MR) is 52.9 cm³/mol. The lowest BCUT2D eigenvalue weighted by molar-refractivity contribution is 0.372. The molecule has 0 heterocycles. The van der Waals surface area contributed by atoms with E-state index >= 15 is 0 Å². The molecule has 1 aromatic carbocycles. The third-order valence-corrected chi connectivity index (χ3v) is 1.78. The van der Waals surface area contributed by atoms with Crippen molar-refractivity contribution in [3.05, 3.63) is 22.7 Å². The van der Waals surface area contributed by atoms with Crippen molar-refractivity contribution >= 4 is 21.6 Å². The topological polar surface area (TPSA) is 35.2 Å². The molecule has 0 unspecified atom stereocenters. The van der Waals surface area contributed by atoms with Crippen LogP contribution in [0.4, 0.5) is 5.69 Å². The fraction of sp³-hybridized carbons (Fsp3) is 0.111. The lowest BCUT2D eigenvalue weighted by Gasteiger charge is -2.05. The molecule has 62 valence electrons. The van der Waals surface area contributed by atoms with Crippen LogP contribution in [0.15, 0.2) is 22.7 Å². The van der Waals surface area contributed by atoms with Gasteiger partial charge in [-0.2, -0.15) is 0 Å². The van der Waals surface area contributed by atoms with Crippen LogP contribution in [0.5, 0.6) is 5.75 Å². The molecule has 0 amide bonds. The maximum absolute atomic E-state index is 5.64. The molecule has 0 fully saturated rings. The highest BCUT2D eigenvalue weighted by Crippen LogP contribution is 2.24. The highest BCUT2D eigenvalue weighted by atomic mass is 79.9. The quantitative estimate of drug-likeness (QED) is 0.618. The maximum Gasteiger partial charge on any atom is 0.148 e. The van der Waals surface area contributed by atoms with Crippen LogP contribution >= 0.6 is 15.9 Å². The number of terminal acetylenes is 1. The van der Waals surface area contributed by atoms with Gasteiger partial charge in [0.25, 0.3) is 0 Å². The van der Waals surface area contributed by atoms with Crippen LogP contribution in [0, 0.1) is 12.3 Å². The molecule has 0 atom stereocenters. The Balaban J connectivity index is 2.81. The normalized spacial score (nSPS) is 9.00. The van der Waals surface area contributed by atoms with Crippen LogP contribution < -0.4 is 10.5 Å². The molecule has 0 aliphatic heterocycles. The first-order chi connectivity index (χ1) is 5.74. The van der Waals surface area contributed by atoms with E-state index in [9.17, 15) is 0 Å². The smallest absolute Gasteiger partial charge is 0.148 e. The van der Waals surface area contributed by atoms with Crippen molar-refractivity contribution in [2.45, 2.75) is 0 Å². The van der Waals surface area contributed by atoms with Crippen molar-refractivity contribution in [2.24, 2.45) is 0 Å². The first kappa shape index (κ1) is 8.95. The molecule has 0 saturated carbocycles. The summed E-state index contributed by atoms with van der Waals surface area (Å²) in [5.41, 5.74) is 6.22. The summed E-state index contributed by atoms with van der Waals surface area (Å²) < 4.78 is 6.08. The Labute approximate surface area is 79.8 Å². The molecule has 0 radical (unpaired) electrons. The van der Waals surface area contributed by atoms with Crippen molar-refractivity contribution in [1.82, 2.24) is 0 Å². The monoisotopic (exact) mass is 225 g/mol. The van der Waals surface area contributed by atoms with E-state index in [1.807, 2.05) is 6.07 Å². The number of halogens is 1. The second-order valence-corrected chi connectivity index (χ2v) is 3.09. The van der Waals surface area contributed by atoms with Crippen molar-refractivity contribution in [1.29, 1.82) is 0 Å². The molecular weight excluding hydrogens is 218 g/mol. The minimum absolute atomic E-state index is 0.242. The molecule has 0 aliphatic rings. The minimum Gasteiger partial charge on any atom is -0.479 e. The number of rotatable bonds is 2. The minimum atomic E-state index is 0.242. The van der Waals surface area contributed by atoms with E-state index in [1.165, 1.54) is 0 Å². The lowest BCUT2D eigenvalue weighted by atomic mass is 10.3. The van der Waals surface area contributed by atoms with Crippen molar-refractivity contribution in [3.8, 4) is 18.1 Å². The van der Waals surface area contributed by atoms with E-state index in [-0.39, 0.29) is 6.61 Å². The van der Waals surface area contributed by atoms with Crippen LogP contribution in [0.25, 0.3) is 0 Å². The summed E-state index contributed by atoms with van der Waals surface area (Å²) in [7, 11) is 0. The number of benzene rings is 1. The molecule has 0 bridgehead atoms. The van der Waals surface area contributed by atoms with Gasteiger partial charge in [-0.15, -0.1) is 6.42 Å². The Morgan fingerprint density at radius 2 is 2.33 bits per heavy atom. The molecule has 0 spiro atoms. The largest absolute Gasteiger partial charge is 0.479 e. The average Bonchev–Trinajstić information content (AvgIpc) is 2.03. The van der Waals surface area contributed by atoms with Crippen LogP contribution in [0.1, 0.15) is 0 Å². The Hall–Kier alpha value is -1.14. The summed E-state index contributed by atoms with van der Waals surface area (Å²) in [5, 5.41) is 0. The fourth-order valence-electron chi connectivity index (χ4n) is 0.770. The Bertz CT molecular complexity index is 317. The Kier molecular flexibility index (Phi) is 3.01. The maximum atomic E-state index is 5.64. The standard InChI is InChI=1S/C9H8BrNO/c1-2-5-12-9-4-3-7(10)6-8(9)11/h1,3-4,6H,5,11H2. The summed E-state index contributed by atoms with van der Waals surface area (Å²) in [6.07, 6.45) is 5.03. The molecular formula is C9H8BrNO. The number of nitrogens with two attached hydrogens (primary N) is 1. The SMILES string of the molecule is C#CCOc1ccc(Br)cc1N. The summed E-state index contributed by atoms with van der Waals surface area (Å²) in [4.78, 5) is 0. The third kappa shape index (κ3) is 2.18. The summed E-state index contributed by atoms with van der Waals surface area (Å²) in [6.45, 7) is 0.242. The summed E-state index contributed by atoms with van der Waals surface area (Å²) in [5.74, 6) is 2.99. The molecule has 2 nitrogen and oxygen atoms in total. The zero-order chi connectivity index (χ0) is 8.97. The van der Waals surface area contributed by atoms with Gasteiger partial charge in [-0.1, -0.05) is 21.9 Å². The van der Waals surface area contributed by atoms with Gasteiger partial charge in [0.05, 0.1) is 5.69 Å². The second kappa shape index (κ2) is 4.03. The lowest BCUT2D eigenvalue weighted by Crippen LogP contribution is -1.97. The first-order valence-electron chi connectivity index (χ1n) is 3.35. The second-order valence-electron chi connectivity index (χ2n) is 2.17. The van der Waals surface area contributed by atoms with Gasteiger partial charge in [0.2, 0.25) is 0 Å². The van der Waals surface area contributed by atoms with Gasteiger partial charge in [-0.25, -0.2) is 0 Å². The average molecular weight is 226 g/mol. The van der Waals surface area contributed by atoms with Gasteiger partial charge in [0.1, 0.15) is 12.4 Å². The van der Waals surface area contributed by atoms with Gasteiger partial charge in [-0.3, -0.25) is 0 Å². The molecule has 0 saturated heterocycles. The van der Waals surface area contributed by atoms with Gasteiger partial charge in [0.15, 0.2) is 0 Å². The van der Waals surface area contributed by atoms with E-state index in [0.717, 1.165) is 4.47 Å². The zero-order valence-electron chi connectivity index (χ0n) is 6.38. The predicted octanol–water partition coefficient (Wildman–Crippen LogP) is 2.04. The Morgan fingerprint density at radius 1 is 1.58 bits per heavy atom. The van der Waals surface area contributed by atoms with Gasteiger partial charge < -0.3 is 10.5 Å². The zero-order valence-corrected chi connectivity index (χ0v) is 7.97. The summed E-state index contributed by atoms with van der Waals surface area (Å²) in [6, 6.07) is 5.39. The molecule has 1 aromatic rings. The Morgan fingerprint density at radius 3 is 2.92 bits per heavy atom. The number of anilines is 1. The third-order valence-electron chi connectivity index (χ3n) is 1.28. The summed E-state index contributed by atoms with van der Waals surface area (Å²) >= 11 is 3.29. The van der Waals surface area contributed by atoms with Crippen LogP contribution in [0.3, 0.4) is 0 Å². The number of nitrogen functional groups attached to an aromatic ring is 1. The van der Waals surface area contributed by atoms with E-state index in [4.69, 9.17) is 16.9 Å². The van der Waals surface area contributed by atoms with Gasteiger partial charge >= 0.3 is 0 Å². The van der Waals surface area contributed by atoms with Gasteiger partial charge in [-0.05, 0) is 18.2 Å². The number of hydrogen-bond acceptors (Lipinski definition) is 2. The fourth-order valence-corrected chi connectivity index (χ4v) is 1.15. The molecule has 2 N–H and O–H groups in total. The molecule has 12 heavy (non-hydrogen) atoms. The molecule has 3 heteroatoms. The number of ether oxygens (including phenoxy) is 1. The van der Waals surface area contributed by atoms with Crippen LogP contribution in [-0.4, -0.2) is 6.61 Å². The van der Waals surface area contributed by atoms with Crippen molar-refractivity contribution in [3.63, 3.8) is 0 Å². The van der Waals surface area contributed by atoms with E-state index in [0.29, 0.717) is 11.4 Å².